The van der Waals surface area contributed by atoms with E-state index in [1.165, 1.54) is 24.9 Å². The highest BCUT2D eigenvalue weighted by atomic mass is 16.6. The van der Waals surface area contributed by atoms with Gasteiger partial charge < -0.3 is 19.1 Å². The minimum absolute atomic E-state index is 0.00999. The van der Waals surface area contributed by atoms with Gasteiger partial charge >= 0.3 is 5.97 Å². The Morgan fingerprint density at radius 1 is 1.18 bits per heavy atom. The second-order valence-electron chi connectivity index (χ2n) is 11.5. The largest absolute Gasteiger partial charge is 0.497 e. The van der Waals surface area contributed by atoms with E-state index in [4.69, 9.17) is 14.2 Å². The Morgan fingerprint density at radius 2 is 1.97 bits per heavy atom. The van der Waals surface area contributed by atoms with Gasteiger partial charge in [-0.3, -0.25) is 9.69 Å². The lowest BCUT2D eigenvalue weighted by Gasteiger charge is -2.49. The lowest BCUT2D eigenvalue weighted by molar-refractivity contribution is -0.146. The van der Waals surface area contributed by atoms with Gasteiger partial charge in [0.2, 0.25) is 0 Å². The van der Waals surface area contributed by atoms with E-state index in [-0.39, 0.29) is 41.0 Å². The third kappa shape index (κ3) is 3.16. The average molecular weight is 455 g/mol. The Labute approximate surface area is 197 Å². The molecule has 33 heavy (non-hydrogen) atoms. The van der Waals surface area contributed by atoms with Crippen molar-refractivity contribution in [3.63, 3.8) is 0 Å². The van der Waals surface area contributed by atoms with Crippen LogP contribution in [-0.2, 0) is 14.3 Å². The van der Waals surface area contributed by atoms with E-state index in [1.54, 1.807) is 7.11 Å². The maximum Gasteiger partial charge on any atom is 0.311 e. The minimum atomic E-state index is -0.0576. The molecule has 5 aliphatic rings. The van der Waals surface area contributed by atoms with Crippen LogP contribution in [0.5, 0.6) is 5.75 Å². The molecule has 0 aromatic heterocycles. The number of ether oxygens (including phenoxy) is 3. The topological polar surface area (TPSA) is 54.5 Å². The zero-order valence-electron chi connectivity index (χ0n) is 20.5. The van der Waals surface area contributed by atoms with Gasteiger partial charge in [0, 0.05) is 49.2 Å². The molecule has 0 amide bonds. The minimum Gasteiger partial charge on any atom is -0.497 e. The number of rotatable bonds is 4. The molecule has 2 saturated carbocycles. The molecular formula is C27H38N2O4. The number of benzene rings is 1. The molecule has 3 heterocycles. The maximum absolute atomic E-state index is 13.1. The first kappa shape index (κ1) is 21.7. The molecule has 5 fully saturated rings. The normalized spacial score (nSPS) is 44.5. The summed E-state index contributed by atoms with van der Waals surface area (Å²) in [5.41, 5.74) is 1.37. The monoisotopic (exact) mass is 454 g/mol. The van der Waals surface area contributed by atoms with Gasteiger partial charge in [0.15, 0.2) is 0 Å². The van der Waals surface area contributed by atoms with E-state index in [9.17, 15) is 4.79 Å². The summed E-state index contributed by atoms with van der Waals surface area (Å²) >= 11 is 0. The fourth-order valence-electron chi connectivity index (χ4n) is 8.08. The summed E-state index contributed by atoms with van der Waals surface area (Å²) in [6, 6.07) is 8.71. The fraction of sp³-hybridized carbons (Fsp3) is 0.741. The van der Waals surface area contributed by atoms with E-state index >= 15 is 0 Å². The number of anilines is 1. The van der Waals surface area contributed by atoms with Crippen LogP contribution in [0, 0.1) is 23.2 Å². The number of methoxy groups -OCH3 is 1. The molecule has 6 heteroatoms. The van der Waals surface area contributed by atoms with Crippen LogP contribution in [0.15, 0.2) is 24.3 Å². The standard InChI is InChI=1S/C27H38N2O4/c1-17-6-5-11-26(3)14-22-23(24-27(17,26)33-24)21(25(30)32-22)16-28-12-13-29(18(2)15-28)19-7-9-20(31-4)10-8-19/h7-10,17-18,21-24H,5-6,11-16H2,1-4H3/t17-,18?,21?,22+,23+,24?,26+,27?/m0/s1. The maximum atomic E-state index is 13.1. The number of hydrogen-bond acceptors (Lipinski definition) is 6. The molecule has 8 atom stereocenters. The zero-order valence-corrected chi connectivity index (χ0v) is 20.5. The highest BCUT2D eigenvalue weighted by molar-refractivity contribution is 5.76. The first-order valence-corrected chi connectivity index (χ1v) is 12.9. The van der Waals surface area contributed by atoms with Gasteiger partial charge in [-0.05, 0) is 56.4 Å². The molecule has 6 nitrogen and oxygen atoms in total. The molecule has 3 aliphatic heterocycles. The van der Waals surface area contributed by atoms with Crippen LogP contribution in [0.4, 0.5) is 5.69 Å². The third-order valence-corrected chi connectivity index (χ3v) is 9.76. The molecule has 0 radical (unpaired) electrons. The summed E-state index contributed by atoms with van der Waals surface area (Å²) < 4.78 is 18.0. The second-order valence-corrected chi connectivity index (χ2v) is 11.5. The van der Waals surface area contributed by atoms with Crippen molar-refractivity contribution < 1.29 is 19.0 Å². The zero-order chi connectivity index (χ0) is 23.0. The number of carbonyl (C=O) groups excluding carboxylic acids is 1. The first-order valence-electron chi connectivity index (χ1n) is 12.9. The predicted molar refractivity (Wildman–Crippen MR) is 126 cm³/mol. The Balaban J connectivity index is 1.14. The number of hydrogen-bond donors (Lipinski definition) is 0. The van der Waals surface area contributed by atoms with Crippen molar-refractivity contribution in [1.29, 1.82) is 0 Å². The van der Waals surface area contributed by atoms with Crippen LogP contribution in [-0.4, -0.2) is 68.0 Å². The number of piperazine rings is 1. The molecule has 6 rings (SSSR count). The van der Waals surface area contributed by atoms with E-state index in [1.807, 2.05) is 12.1 Å². The SMILES string of the molecule is COc1ccc(N2CCN(CC3C(=O)O[C@@H]4C[C@@]5(C)CCC[C@H](C)C56OC6[C@H]34)CC2C)cc1. The lowest BCUT2D eigenvalue weighted by atomic mass is 9.53. The first-order chi connectivity index (χ1) is 15.9. The van der Waals surface area contributed by atoms with Crippen LogP contribution in [0.3, 0.4) is 0 Å². The Morgan fingerprint density at radius 3 is 2.70 bits per heavy atom. The van der Waals surface area contributed by atoms with Crippen molar-refractivity contribution in [3.8, 4) is 5.75 Å². The van der Waals surface area contributed by atoms with Crippen molar-refractivity contribution in [2.75, 3.05) is 38.2 Å². The molecule has 1 spiro atoms. The number of carbonyl (C=O) groups is 1. The van der Waals surface area contributed by atoms with Crippen molar-refractivity contribution in [1.82, 2.24) is 4.90 Å². The molecule has 2 aliphatic carbocycles. The molecular weight excluding hydrogens is 416 g/mol. The van der Waals surface area contributed by atoms with Crippen LogP contribution in [0.1, 0.15) is 46.5 Å². The van der Waals surface area contributed by atoms with Crippen molar-refractivity contribution >= 4 is 11.7 Å². The summed E-state index contributed by atoms with van der Waals surface area (Å²) in [6.45, 7) is 10.7. The van der Waals surface area contributed by atoms with Crippen LogP contribution in [0.25, 0.3) is 0 Å². The number of esters is 1. The molecule has 3 saturated heterocycles. The summed E-state index contributed by atoms with van der Waals surface area (Å²) in [7, 11) is 1.70. The van der Waals surface area contributed by atoms with Crippen molar-refractivity contribution in [2.45, 2.75) is 70.3 Å². The molecule has 4 unspecified atom stereocenters. The van der Waals surface area contributed by atoms with Crippen LogP contribution in [0.2, 0.25) is 0 Å². The summed E-state index contributed by atoms with van der Waals surface area (Å²) in [4.78, 5) is 18.0. The van der Waals surface area contributed by atoms with E-state index in [2.05, 4.69) is 42.7 Å². The van der Waals surface area contributed by atoms with Crippen LogP contribution < -0.4 is 9.64 Å². The molecule has 180 valence electrons. The van der Waals surface area contributed by atoms with Gasteiger partial charge in [0.25, 0.3) is 0 Å². The quantitative estimate of drug-likeness (QED) is 0.510. The van der Waals surface area contributed by atoms with Gasteiger partial charge in [0.05, 0.1) is 19.1 Å². The summed E-state index contributed by atoms with van der Waals surface area (Å²) in [6.07, 6.45) is 4.92. The predicted octanol–water partition coefficient (Wildman–Crippen LogP) is 3.73. The highest BCUT2D eigenvalue weighted by Crippen LogP contribution is 2.70. The Kier molecular flexibility index (Phi) is 5.01. The van der Waals surface area contributed by atoms with E-state index in [0.29, 0.717) is 12.0 Å². The molecule has 0 bridgehead atoms. The summed E-state index contributed by atoms with van der Waals surface area (Å²) in [5.74, 6) is 1.64. The smallest absolute Gasteiger partial charge is 0.311 e. The van der Waals surface area contributed by atoms with Gasteiger partial charge in [-0.15, -0.1) is 0 Å². The Hall–Kier alpha value is -1.79. The van der Waals surface area contributed by atoms with E-state index < -0.39 is 0 Å². The van der Waals surface area contributed by atoms with Gasteiger partial charge in [-0.1, -0.05) is 20.3 Å². The second kappa shape index (κ2) is 7.61. The molecule has 1 aromatic carbocycles. The Bertz CT molecular complexity index is 921. The number of fused-ring (bicyclic) bond motifs is 2. The number of epoxide rings is 1. The van der Waals surface area contributed by atoms with Gasteiger partial charge in [-0.25, -0.2) is 0 Å². The molecule has 0 N–H and O–H groups in total. The van der Waals surface area contributed by atoms with Crippen molar-refractivity contribution in [3.05, 3.63) is 24.3 Å². The van der Waals surface area contributed by atoms with E-state index in [0.717, 1.165) is 38.3 Å². The fourth-order valence-corrected chi connectivity index (χ4v) is 8.08. The molecule has 1 aromatic rings. The highest BCUT2D eigenvalue weighted by Gasteiger charge is 2.78. The van der Waals surface area contributed by atoms with Crippen LogP contribution >= 0.6 is 0 Å². The summed E-state index contributed by atoms with van der Waals surface area (Å²) in [5, 5.41) is 0. The number of nitrogens with zero attached hydrogens (tertiary/aromatic N) is 2. The lowest BCUT2D eigenvalue weighted by Crippen LogP contribution is -2.56. The van der Waals surface area contributed by atoms with Crippen molar-refractivity contribution in [2.24, 2.45) is 23.2 Å². The van der Waals surface area contributed by atoms with Gasteiger partial charge in [-0.2, -0.15) is 0 Å². The third-order valence-electron chi connectivity index (χ3n) is 9.76. The average Bonchev–Trinajstić information content (AvgIpc) is 3.48. The van der Waals surface area contributed by atoms with Gasteiger partial charge in [0.1, 0.15) is 17.5 Å².